The number of rotatable bonds is 5. The Morgan fingerprint density at radius 1 is 1.50 bits per heavy atom. The summed E-state index contributed by atoms with van der Waals surface area (Å²) in [5.74, 6) is 1.13. The van der Waals surface area contributed by atoms with E-state index >= 15 is 0 Å². The molecule has 0 spiro atoms. The van der Waals surface area contributed by atoms with Crippen LogP contribution in [-0.2, 0) is 4.79 Å². The lowest BCUT2D eigenvalue weighted by atomic mass is 10.1. The molecular formula is C8H15NOS2. The van der Waals surface area contributed by atoms with Crippen LogP contribution in [0.3, 0.4) is 0 Å². The molecule has 1 saturated heterocycles. The summed E-state index contributed by atoms with van der Waals surface area (Å²) in [6.07, 6.45) is 5.28. The Balaban J connectivity index is 1.91. The molecular weight excluding hydrogens is 190 g/mol. The third kappa shape index (κ3) is 4.26. The van der Waals surface area contributed by atoms with Crippen molar-refractivity contribution < 1.29 is 4.79 Å². The number of unbranched alkanes of at least 4 members (excludes halogenated alkanes) is 1. The molecule has 4 heteroatoms. The molecule has 2 N–H and O–H groups in total. The Labute approximate surface area is 81.4 Å². The maximum atomic E-state index is 10.4. The van der Waals surface area contributed by atoms with E-state index in [9.17, 15) is 4.79 Å². The van der Waals surface area contributed by atoms with E-state index < -0.39 is 0 Å². The smallest absolute Gasteiger partial charge is 0.217 e. The van der Waals surface area contributed by atoms with Gasteiger partial charge in [-0.1, -0.05) is 28.0 Å². The van der Waals surface area contributed by atoms with Gasteiger partial charge in [0.05, 0.1) is 0 Å². The summed E-state index contributed by atoms with van der Waals surface area (Å²) >= 11 is 0. The molecule has 0 aromatic carbocycles. The number of hydrogen-bond donors (Lipinski definition) is 1. The Kier molecular flexibility index (Phi) is 4.92. The van der Waals surface area contributed by atoms with Gasteiger partial charge >= 0.3 is 0 Å². The number of carbonyl (C=O) groups is 1. The van der Waals surface area contributed by atoms with Gasteiger partial charge in [-0.3, -0.25) is 4.79 Å². The van der Waals surface area contributed by atoms with Crippen LogP contribution < -0.4 is 5.73 Å². The first-order valence-corrected chi connectivity index (χ1v) is 6.74. The van der Waals surface area contributed by atoms with Crippen molar-refractivity contribution in [1.29, 1.82) is 0 Å². The van der Waals surface area contributed by atoms with Crippen LogP contribution in [0.25, 0.3) is 0 Å². The van der Waals surface area contributed by atoms with Gasteiger partial charge in [0.15, 0.2) is 0 Å². The van der Waals surface area contributed by atoms with Gasteiger partial charge in [0.25, 0.3) is 0 Å². The van der Waals surface area contributed by atoms with Gasteiger partial charge in [0.2, 0.25) is 5.91 Å². The van der Waals surface area contributed by atoms with Crippen LogP contribution in [0.1, 0.15) is 32.1 Å². The predicted molar refractivity (Wildman–Crippen MR) is 56.1 cm³/mol. The van der Waals surface area contributed by atoms with E-state index in [0.717, 1.165) is 18.1 Å². The average Bonchev–Trinajstić information content (AvgIpc) is 2.49. The van der Waals surface area contributed by atoms with Crippen molar-refractivity contribution in [3.63, 3.8) is 0 Å². The molecule has 2 nitrogen and oxygen atoms in total. The monoisotopic (exact) mass is 205 g/mol. The van der Waals surface area contributed by atoms with Gasteiger partial charge in [0, 0.05) is 17.4 Å². The number of amides is 1. The Hall–Kier alpha value is 0.170. The van der Waals surface area contributed by atoms with Crippen molar-refractivity contribution in [3.05, 3.63) is 0 Å². The van der Waals surface area contributed by atoms with Crippen molar-refractivity contribution in [3.8, 4) is 0 Å². The van der Waals surface area contributed by atoms with Crippen molar-refractivity contribution in [2.24, 2.45) is 5.73 Å². The molecule has 0 aromatic rings. The molecule has 0 radical (unpaired) electrons. The summed E-state index contributed by atoms with van der Waals surface area (Å²) in [5.41, 5.74) is 5.04. The zero-order chi connectivity index (χ0) is 8.81. The SMILES string of the molecule is NC(=O)CCCC[C@H]1CCSS1. The van der Waals surface area contributed by atoms with Gasteiger partial charge in [-0.2, -0.15) is 0 Å². The van der Waals surface area contributed by atoms with Crippen LogP contribution in [0, 0.1) is 0 Å². The second-order valence-corrected chi connectivity index (χ2v) is 5.83. The summed E-state index contributed by atoms with van der Waals surface area (Å²) in [7, 11) is 3.97. The minimum absolute atomic E-state index is 0.163. The lowest BCUT2D eigenvalue weighted by Crippen LogP contribution is -2.10. The van der Waals surface area contributed by atoms with Crippen LogP contribution in [0.15, 0.2) is 0 Å². The predicted octanol–water partition coefficient (Wildman–Crippen LogP) is 2.19. The van der Waals surface area contributed by atoms with Crippen molar-refractivity contribution in [1.82, 2.24) is 0 Å². The Bertz CT molecular complexity index is 146. The highest BCUT2D eigenvalue weighted by molar-refractivity contribution is 8.77. The van der Waals surface area contributed by atoms with Crippen LogP contribution >= 0.6 is 21.6 Å². The van der Waals surface area contributed by atoms with E-state index in [-0.39, 0.29) is 5.91 Å². The van der Waals surface area contributed by atoms with Crippen molar-refractivity contribution in [2.45, 2.75) is 37.4 Å². The molecule has 1 amide bonds. The minimum Gasteiger partial charge on any atom is -0.370 e. The molecule has 0 unspecified atom stereocenters. The summed E-state index contributed by atoms with van der Waals surface area (Å²) in [6, 6.07) is 0. The molecule has 0 bridgehead atoms. The summed E-state index contributed by atoms with van der Waals surface area (Å²) in [4.78, 5) is 10.4. The molecule has 70 valence electrons. The number of primary amides is 1. The zero-order valence-corrected chi connectivity index (χ0v) is 8.76. The van der Waals surface area contributed by atoms with Gasteiger partial charge in [-0.25, -0.2) is 0 Å². The van der Waals surface area contributed by atoms with Gasteiger partial charge < -0.3 is 5.73 Å². The van der Waals surface area contributed by atoms with Crippen molar-refractivity contribution in [2.75, 3.05) is 5.75 Å². The second-order valence-electron chi connectivity index (χ2n) is 3.04. The molecule has 1 aliphatic rings. The topological polar surface area (TPSA) is 43.1 Å². The number of carbonyl (C=O) groups excluding carboxylic acids is 1. The fourth-order valence-corrected chi connectivity index (χ4v) is 4.26. The molecule has 1 atom stereocenters. The largest absolute Gasteiger partial charge is 0.370 e. The summed E-state index contributed by atoms with van der Waals surface area (Å²) in [6.45, 7) is 0. The first-order chi connectivity index (χ1) is 5.79. The van der Waals surface area contributed by atoms with Gasteiger partial charge in [0.1, 0.15) is 0 Å². The average molecular weight is 205 g/mol. The molecule has 1 fully saturated rings. The van der Waals surface area contributed by atoms with Crippen LogP contribution in [0.2, 0.25) is 0 Å². The maximum Gasteiger partial charge on any atom is 0.217 e. The highest BCUT2D eigenvalue weighted by atomic mass is 33.1. The quantitative estimate of drug-likeness (QED) is 0.552. The number of nitrogens with two attached hydrogens (primary N) is 1. The lowest BCUT2D eigenvalue weighted by molar-refractivity contribution is -0.118. The molecule has 0 aliphatic carbocycles. The molecule has 0 aromatic heterocycles. The minimum atomic E-state index is -0.163. The third-order valence-electron chi connectivity index (χ3n) is 1.93. The highest BCUT2D eigenvalue weighted by Gasteiger charge is 2.15. The molecule has 1 heterocycles. The Morgan fingerprint density at radius 3 is 2.92 bits per heavy atom. The van der Waals surface area contributed by atoms with Crippen LogP contribution in [-0.4, -0.2) is 16.9 Å². The lowest BCUT2D eigenvalue weighted by Gasteiger charge is -2.05. The molecule has 12 heavy (non-hydrogen) atoms. The maximum absolute atomic E-state index is 10.4. The first kappa shape index (κ1) is 10.3. The summed E-state index contributed by atoms with van der Waals surface area (Å²) in [5, 5.41) is 0.836. The fourth-order valence-electron chi connectivity index (χ4n) is 1.24. The number of hydrogen-bond acceptors (Lipinski definition) is 3. The highest BCUT2D eigenvalue weighted by Crippen LogP contribution is 2.39. The summed E-state index contributed by atoms with van der Waals surface area (Å²) < 4.78 is 0. The second kappa shape index (κ2) is 5.75. The first-order valence-electron chi connectivity index (χ1n) is 4.35. The van der Waals surface area contributed by atoms with E-state index in [4.69, 9.17) is 5.73 Å². The van der Waals surface area contributed by atoms with Gasteiger partial charge in [-0.05, 0) is 19.3 Å². The zero-order valence-electron chi connectivity index (χ0n) is 7.12. The normalized spacial score (nSPS) is 22.8. The van der Waals surface area contributed by atoms with Crippen LogP contribution in [0.4, 0.5) is 0 Å². The van der Waals surface area contributed by atoms with E-state index in [1.54, 1.807) is 0 Å². The molecule has 1 rings (SSSR count). The van der Waals surface area contributed by atoms with Gasteiger partial charge in [-0.15, -0.1) is 0 Å². The third-order valence-corrected chi connectivity index (χ3v) is 4.93. The van der Waals surface area contributed by atoms with E-state index in [1.807, 2.05) is 21.6 Å². The van der Waals surface area contributed by atoms with E-state index in [0.29, 0.717) is 6.42 Å². The standard InChI is InChI=1S/C8H15NOS2/c9-8(10)4-2-1-3-7-5-6-11-12-7/h7H,1-6H2,(H2,9,10)/t7-/m0/s1. The fraction of sp³-hybridized carbons (Fsp3) is 0.875. The van der Waals surface area contributed by atoms with Crippen LogP contribution in [0.5, 0.6) is 0 Å². The molecule has 1 aliphatic heterocycles. The van der Waals surface area contributed by atoms with E-state index in [2.05, 4.69) is 0 Å². The van der Waals surface area contributed by atoms with E-state index in [1.165, 1.54) is 18.6 Å². The molecule has 0 saturated carbocycles. The Morgan fingerprint density at radius 2 is 2.33 bits per heavy atom. The van der Waals surface area contributed by atoms with Crippen molar-refractivity contribution >= 4 is 27.5 Å².